The topological polar surface area (TPSA) is 17.1 Å². The number of allylic oxidation sites excluding steroid dienone is 2. The van der Waals surface area contributed by atoms with Crippen LogP contribution in [0.25, 0.3) is 0 Å². The molecule has 0 bridgehead atoms. The standard InChI is InChI=1S/C15H16F2O/c1-10-7-8-12(16)14(15(10)17)13(18)9-11-5-3-2-4-6-11/h5,7-8H,2-4,6,9H2,1H3. The molecule has 0 saturated carbocycles. The first-order chi connectivity index (χ1) is 8.59. The summed E-state index contributed by atoms with van der Waals surface area (Å²) in [5.74, 6) is -1.95. The quantitative estimate of drug-likeness (QED) is 0.576. The van der Waals surface area contributed by atoms with Crippen molar-refractivity contribution in [3.05, 3.63) is 46.5 Å². The van der Waals surface area contributed by atoms with E-state index in [0.717, 1.165) is 37.3 Å². The SMILES string of the molecule is Cc1ccc(F)c(C(=O)CC2=CCCCC2)c1F. The smallest absolute Gasteiger partial charge is 0.172 e. The van der Waals surface area contributed by atoms with Gasteiger partial charge in [-0.25, -0.2) is 8.78 Å². The van der Waals surface area contributed by atoms with Gasteiger partial charge in [-0.1, -0.05) is 17.7 Å². The van der Waals surface area contributed by atoms with Crippen LogP contribution in [0.2, 0.25) is 0 Å². The van der Waals surface area contributed by atoms with Gasteiger partial charge in [-0.2, -0.15) is 0 Å². The first-order valence-corrected chi connectivity index (χ1v) is 6.25. The third-order valence-corrected chi connectivity index (χ3v) is 3.34. The Bertz CT molecular complexity index is 503. The molecule has 1 aliphatic rings. The van der Waals surface area contributed by atoms with Crippen LogP contribution in [0.5, 0.6) is 0 Å². The maximum absolute atomic E-state index is 13.8. The highest BCUT2D eigenvalue weighted by molar-refractivity contribution is 5.98. The van der Waals surface area contributed by atoms with Crippen LogP contribution >= 0.6 is 0 Å². The molecule has 1 aromatic rings. The van der Waals surface area contributed by atoms with Crippen molar-refractivity contribution in [3.8, 4) is 0 Å². The summed E-state index contributed by atoms with van der Waals surface area (Å²) in [7, 11) is 0. The Balaban J connectivity index is 2.23. The molecule has 0 saturated heterocycles. The second kappa shape index (κ2) is 5.42. The summed E-state index contributed by atoms with van der Waals surface area (Å²) < 4.78 is 27.3. The normalized spacial score (nSPS) is 15.4. The Morgan fingerprint density at radius 1 is 1.28 bits per heavy atom. The van der Waals surface area contributed by atoms with E-state index in [1.165, 1.54) is 13.0 Å². The van der Waals surface area contributed by atoms with Crippen LogP contribution in [-0.2, 0) is 0 Å². The van der Waals surface area contributed by atoms with Crippen LogP contribution in [0.3, 0.4) is 0 Å². The summed E-state index contributed by atoms with van der Waals surface area (Å²) in [6.45, 7) is 1.53. The van der Waals surface area contributed by atoms with Crippen LogP contribution in [0.4, 0.5) is 8.78 Å². The van der Waals surface area contributed by atoms with Gasteiger partial charge in [0.25, 0.3) is 0 Å². The maximum Gasteiger partial charge on any atom is 0.172 e. The average Bonchev–Trinajstić information content (AvgIpc) is 2.36. The molecule has 1 nitrogen and oxygen atoms in total. The van der Waals surface area contributed by atoms with Crippen molar-refractivity contribution < 1.29 is 13.6 Å². The Morgan fingerprint density at radius 2 is 2.06 bits per heavy atom. The van der Waals surface area contributed by atoms with Gasteiger partial charge in [0, 0.05) is 6.42 Å². The number of benzene rings is 1. The van der Waals surface area contributed by atoms with E-state index in [9.17, 15) is 13.6 Å². The van der Waals surface area contributed by atoms with E-state index in [2.05, 4.69) is 0 Å². The predicted molar refractivity (Wildman–Crippen MR) is 66.6 cm³/mol. The molecule has 1 aliphatic carbocycles. The lowest BCUT2D eigenvalue weighted by Crippen LogP contribution is -2.09. The third-order valence-electron chi connectivity index (χ3n) is 3.34. The van der Waals surface area contributed by atoms with Gasteiger partial charge in [-0.05, 0) is 44.2 Å². The molecule has 0 aliphatic heterocycles. The number of aryl methyl sites for hydroxylation is 1. The van der Waals surface area contributed by atoms with Crippen molar-refractivity contribution in [2.24, 2.45) is 0 Å². The van der Waals surface area contributed by atoms with Gasteiger partial charge in [0.1, 0.15) is 11.6 Å². The van der Waals surface area contributed by atoms with Crippen molar-refractivity contribution in [2.75, 3.05) is 0 Å². The fourth-order valence-corrected chi connectivity index (χ4v) is 2.27. The van der Waals surface area contributed by atoms with Crippen LogP contribution in [0.1, 0.15) is 48.0 Å². The van der Waals surface area contributed by atoms with Crippen molar-refractivity contribution in [2.45, 2.75) is 39.0 Å². The number of hydrogen-bond acceptors (Lipinski definition) is 1. The summed E-state index contributed by atoms with van der Waals surface area (Å²) in [6.07, 6.45) is 6.16. The van der Waals surface area contributed by atoms with Crippen LogP contribution < -0.4 is 0 Å². The molecule has 18 heavy (non-hydrogen) atoms. The zero-order valence-electron chi connectivity index (χ0n) is 10.4. The Hall–Kier alpha value is -1.51. The van der Waals surface area contributed by atoms with Crippen LogP contribution in [0, 0.1) is 18.6 Å². The van der Waals surface area contributed by atoms with Crippen LogP contribution in [0.15, 0.2) is 23.8 Å². The van der Waals surface area contributed by atoms with Gasteiger partial charge in [0.2, 0.25) is 0 Å². The van der Waals surface area contributed by atoms with Gasteiger partial charge < -0.3 is 0 Å². The predicted octanol–water partition coefficient (Wildman–Crippen LogP) is 4.35. The first kappa shape index (κ1) is 12.9. The summed E-state index contributed by atoms with van der Waals surface area (Å²) in [5.41, 5.74) is 0.922. The zero-order valence-corrected chi connectivity index (χ0v) is 10.4. The molecule has 0 spiro atoms. The molecule has 2 rings (SSSR count). The summed E-state index contributed by atoms with van der Waals surface area (Å²) >= 11 is 0. The minimum absolute atomic E-state index is 0.136. The number of halogens is 2. The Kier molecular flexibility index (Phi) is 3.90. The first-order valence-electron chi connectivity index (χ1n) is 6.25. The van der Waals surface area contributed by atoms with E-state index >= 15 is 0 Å². The average molecular weight is 250 g/mol. The largest absolute Gasteiger partial charge is 0.294 e. The number of Topliss-reactive ketones (excluding diaryl/α,β-unsaturated/α-hetero) is 1. The molecular weight excluding hydrogens is 234 g/mol. The molecule has 0 amide bonds. The van der Waals surface area contributed by atoms with Gasteiger partial charge in [-0.3, -0.25) is 4.79 Å². The monoisotopic (exact) mass is 250 g/mol. The van der Waals surface area contributed by atoms with Gasteiger partial charge >= 0.3 is 0 Å². The highest BCUT2D eigenvalue weighted by Crippen LogP contribution is 2.24. The maximum atomic E-state index is 13.8. The minimum Gasteiger partial charge on any atom is -0.294 e. The molecule has 0 fully saturated rings. The third kappa shape index (κ3) is 2.66. The molecule has 0 unspecified atom stereocenters. The van der Waals surface area contributed by atoms with Crippen molar-refractivity contribution in [3.63, 3.8) is 0 Å². The highest BCUT2D eigenvalue weighted by Gasteiger charge is 2.20. The highest BCUT2D eigenvalue weighted by atomic mass is 19.1. The molecule has 0 aromatic heterocycles. The fraction of sp³-hybridized carbons (Fsp3) is 0.400. The molecular formula is C15H16F2O. The van der Waals surface area contributed by atoms with Gasteiger partial charge in [-0.15, -0.1) is 0 Å². The zero-order chi connectivity index (χ0) is 13.1. The van der Waals surface area contributed by atoms with E-state index in [0.29, 0.717) is 5.56 Å². The second-order valence-electron chi connectivity index (χ2n) is 4.76. The molecule has 3 heteroatoms. The van der Waals surface area contributed by atoms with E-state index < -0.39 is 17.4 Å². The summed E-state index contributed by atoms with van der Waals surface area (Å²) in [4.78, 5) is 12.0. The van der Waals surface area contributed by atoms with Crippen molar-refractivity contribution >= 4 is 5.78 Å². The number of carbonyl (C=O) groups excluding carboxylic acids is 1. The summed E-state index contributed by atoms with van der Waals surface area (Å²) in [6, 6.07) is 2.50. The lowest BCUT2D eigenvalue weighted by molar-refractivity contribution is 0.0983. The summed E-state index contributed by atoms with van der Waals surface area (Å²) in [5, 5.41) is 0. The lowest BCUT2D eigenvalue weighted by atomic mass is 9.93. The number of hydrogen-bond donors (Lipinski definition) is 0. The van der Waals surface area contributed by atoms with E-state index in [1.54, 1.807) is 0 Å². The Labute approximate surface area is 106 Å². The van der Waals surface area contributed by atoms with Gasteiger partial charge in [0.05, 0.1) is 5.56 Å². The molecule has 0 heterocycles. The number of ketones is 1. The fourth-order valence-electron chi connectivity index (χ4n) is 2.27. The van der Waals surface area contributed by atoms with Gasteiger partial charge in [0.15, 0.2) is 5.78 Å². The minimum atomic E-state index is -0.764. The molecule has 1 aromatic carbocycles. The van der Waals surface area contributed by atoms with E-state index in [-0.39, 0.29) is 12.0 Å². The van der Waals surface area contributed by atoms with Crippen molar-refractivity contribution in [1.29, 1.82) is 0 Å². The lowest BCUT2D eigenvalue weighted by Gasteiger charge is -2.12. The Morgan fingerprint density at radius 3 is 2.72 bits per heavy atom. The van der Waals surface area contributed by atoms with E-state index in [1.807, 2.05) is 6.08 Å². The molecule has 0 radical (unpaired) electrons. The molecule has 0 N–H and O–H groups in total. The molecule has 96 valence electrons. The number of carbonyl (C=O) groups is 1. The molecule has 0 atom stereocenters. The second-order valence-corrected chi connectivity index (χ2v) is 4.76. The van der Waals surface area contributed by atoms with E-state index in [4.69, 9.17) is 0 Å². The van der Waals surface area contributed by atoms with Crippen molar-refractivity contribution in [1.82, 2.24) is 0 Å². The van der Waals surface area contributed by atoms with Crippen LogP contribution in [-0.4, -0.2) is 5.78 Å². The number of rotatable bonds is 3.